The van der Waals surface area contributed by atoms with E-state index in [-0.39, 0.29) is 23.1 Å². The van der Waals surface area contributed by atoms with Crippen LogP contribution in [-0.4, -0.2) is 17.2 Å². The monoisotopic (exact) mass is 237 g/mol. The van der Waals surface area contributed by atoms with Crippen LogP contribution in [-0.2, 0) is 4.74 Å². The number of rotatable bonds is 2. The lowest BCUT2D eigenvalue weighted by molar-refractivity contribution is -0.0662. The van der Waals surface area contributed by atoms with Gasteiger partial charge in [-0.25, -0.2) is 4.39 Å². The van der Waals surface area contributed by atoms with Crippen LogP contribution in [0.25, 0.3) is 0 Å². The standard InChI is InChI=1S/C14H20FNO/c1-13(2)9-12(14(3,4)17-13)16-11-7-5-10(15)6-8-11/h5-8,12,16H,9H2,1-4H3. The topological polar surface area (TPSA) is 21.3 Å². The van der Waals surface area contributed by atoms with Gasteiger partial charge in [-0.2, -0.15) is 0 Å². The van der Waals surface area contributed by atoms with E-state index in [1.165, 1.54) is 12.1 Å². The summed E-state index contributed by atoms with van der Waals surface area (Å²) >= 11 is 0. The fourth-order valence-electron chi connectivity index (χ4n) is 2.53. The van der Waals surface area contributed by atoms with Gasteiger partial charge in [-0.1, -0.05) is 0 Å². The van der Waals surface area contributed by atoms with Gasteiger partial charge in [0.05, 0.1) is 17.2 Å². The molecule has 94 valence electrons. The van der Waals surface area contributed by atoms with E-state index in [0.29, 0.717) is 0 Å². The molecule has 1 aliphatic heterocycles. The van der Waals surface area contributed by atoms with Gasteiger partial charge in [0, 0.05) is 5.69 Å². The van der Waals surface area contributed by atoms with Crippen LogP contribution in [0, 0.1) is 5.82 Å². The second-order valence-electron chi connectivity index (χ2n) is 5.87. The molecule has 1 aromatic carbocycles. The summed E-state index contributed by atoms with van der Waals surface area (Å²) in [6.07, 6.45) is 0.942. The molecule has 0 radical (unpaired) electrons. The SMILES string of the molecule is CC1(C)CC(Nc2ccc(F)cc2)C(C)(C)O1. The minimum atomic E-state index is -0.210. The Kier molecular flexibility index (Phi) is 2.90. The van der Waals surface area contributed by atoms with Gasteiger partial charge in [0.15, 0.2) is 0 Å². The molecule has 1 fully saturated rings. The van der Waals surface area contributed by atoms with Crippen molar-refractivity contribution in [2.45, 2.75) is 51.4 Å². The van der Waals surface area contributed by atoms with Gasteiger partial charge in [-0.3, -0.25) is 0 Å². The maximum atomic E-state index is 12.8. The quantitative estimate of drug-likeness (QED) is 0.848. The van der Waals surface area contributed by atoms with Crippen LogP contribution < -0.4 is 5.32 Å². The lowest BCUT2D eigenvalue weighted by Crippen LogP contribution is -2.38. The number of nitrogens with one attached hydrogen (secondary N) is 1. The van der Waals surface area contributed by atoms with E-state index < -0.39 is 0 Å². The molecular weight excluding hydrogens is 217 g/mol. The normalized spacial score (nSPS) is 25.8. The lowest BCUT2D eigenvalue weighted by Gasteiger charge is -2.28. The van der Waals surface area contributed by atoms with Gasteiger partial charge >= 0.3 is 0 Å². The molecule has 1 heterocycles. The Morgan fingerprint density at radius 1 is 1.18 bits per heavy atom. The van der Waals surface area contributed by atoms with Crippen molar-refractivity contribution in [3.63, 3.8) is 0 Å². The van der Waals surface area contributed by atoms with Crippen molar-refractivity contribution in [1.82, 2.24) is 0 Å². The third-order valence-corrected chi connectivity index (χ3v) is 3.26. The average Bonchev–Trinajstić information content (AvgIpc) is 2.38. The molecule has 1 saturated heterocycles. The van der Waals surface area contributed by atoms with Crippen LogP contribution >= 0.6 is 0 Å². The second kappa shape index (κ2) is 3.98. The van der Waals surface area contributed by atoms with E-state index in [4.69, 9.17) is 4.74 Å². The molecule has 0 bridgehead atoms. The van der Waals surface area contributed by atoms with Gasteiger partial charge in [0.1, 0.15) is 5.82 Å². The number of anilines is 1. The first-order valence-electron chi connectivity index (χ1n) is 6.01. The molecule has 1 aromatic rings. The van der Waals surface area contributed by atoms with Crippen molar-refractivity contribution >= 4 is 5.69 Å². The molecule has 1 unspecified atom stereocenters. The zero-order valence-corrected chi connectivity index (χ0v) is 10.9. The first-order chi connectivity index (χ1) is 7.78. The highest BCUT2D eigenvalue weighted by Gasteiger charge is 2.45. The van der Waals surface area contributed by atoms with E-state index in [0.717, 1.165) is 12.1 Å². The highest BCUT2D eigenvalue weighted by molar-refractivity contribution is 5.44. The maximum absolute atomic E-state index is 12.8. The molecule has 17 heavy (non-hydrogen) atoms. The Labute approximate surface area is 102 Å². The van der Waals surface area contributed by atoms with Crippen LogP contribution in [0.4, 0.5) is 10.1 Å². The molecule has 1 atom stereocenters. The van der Waals surface area contributed by atoms with Crippen molar-refractivity contribution < 1.29 is 9.13 Å². The molecule has 3 heteroatoms. The summed E-state index contributed by atoms with van der Waals surface area (Å²) in [4.78, 5) is 0. The van der Waals surface area contributed by atoms with Gasteiger partial charge in [0.2, 0.25) is 0 Å². The summed E-state index contributed by atoms with van der Waals surface area (Å²) in [5.74, 6) is -0.210. The average molecular weight is 237 g/mol. The molecule has 0 aliphatic carbocycles. The van der Waals surface area contributed by atoms with E-state index >= 15 is 0 Å². The Hall–Kier alpha value is -1.09. The molecule has 2 rings (SSSR count). The van der Waals surface area contributed by atoms with Crippen molar-refractivity contribution in [2.24, 2.45) is 0 Å². The number of hydrogen-bond acceptors (Lipinski definition) is 2. The van der Waals surface area contributed by atoms with Gasteiger partial charge in [0.25, 0.3) is 0 Å². The zero-order valence-electron chi connectivity index (χ0n) is 10.9. The van der Waals surface area contributed by atoms with Gasteiger partial charge < -0.3 is 10.1 Å². The zero-order chi connectivity index (χ0) is 12.7. The minimum absolute atomic E-state index is 0.110. The molecule has 1 N–H and O–H groups in total. The van der Waals surface area contributed by atoms with E-state index in [1.54, 1.807) is 12.1 Å². The third kappa shape index (κ3) is 2.78. The fourth-order valence-corrected chi connectivity index (χ4v) is 2.53. The van der Waals surface area contributed by atoms with Crippen LogP contribution in [0.15, 0.2) is 24.3 Å². The highest BCUT2D eigenvalue weighted by atomic mass is 19.1. The van der Waals surface area contributed by atoms with E-state index in [2.05, 4.69) is 33.0 Å². The van der Waals surface area contributed by atoms with Crippen molar-refractivity contribution in [1.29, 1.82) is 0 Å². The smallest absolute Gasteiger partial charge is 0.123 e. The largest absolute Gasteiger partial charge is 0.379 e. The van der Waals surface area contributed by atoms with E-state index in [9.17, 15) is 4.39 Å². The lowest BCUT2D eigenvalue weighted by atomic mass is 9.94. The number of benzene rings is 1. The predicted molar refractivity (Wildman–Crippen MR) is 67.7 cm³/mol. The first kappa shape index (κ1) is 12.4. The third-order valence-electron chi connectivity index (χ3n) is 3.26. The molecule has 2 nitrogen and oxygen atoms in total. The van der Waals surface area contributed by atoms with Crippen molar-refractivity contribution in [3.8, 4) is 0 Å². The van der Waals surface area contributed by atoms with Gasteiger partial charge in [-0.15, -0.1) is 0 Å². The predicted octanol–water partition coefficient (Wildman–Crippen LogP) is 3.58. The second-order valence-corrected chi connectivity index (χ2v) is 5.87. The summed E-state index contributed by atoms with van der Waals surface area (Å²) in [5, 5.41) is 3.42. The maximum Gasteiger partial charge on any atom is 0.123 e. The van der Waals surface area contributed by atoms with Crippen LogP contribution in [0.2, 0.25) is 0 Å². The number of hydrogen-bond donors (Lipinski definition) is 1. The molecule has 0 amide bonds. The summed E-state index contributed by atoms with van der Waals surface area (Å²) in [6, 6.07) is 6.70. The molecule has 0 aromatic heterocycles. The van der Waals surface area contributed by atoms with Crippen LogP contribution in [0.1, 0.15) is 34.1 Å². The molecular formula is C14H20FNO. The summed E-state index contributed by atoms with van der Waals surface area (Å²) in [7, 11) is 0. The van der Waals surface area contributed by atoms with Crippen molar-refractivity contribution in [2.75, 3.05) is 5.32 Å². The Balaban J connectivity index is 2.11. The first-order valence-corrected chi connectivity index (χ1v) is 6.01. The summed E-state index contributed by atoms with van der Waals surface area (Å²) < 4.78 is 18.8. The fraction of sp³-hybridized carbons (Fsp3) is 0.571. The Morgan fingerprint density at radius 3 is 2.24 bits per heavy atom. The van der Waals surface area contributed by atoms with Crippen molar-refractivity contribution in [3.05, 3.63) is 30.1 Å². The highest BCUT2D eigenvalue weighted by Crippen LogP contribution is 2.38. The Morgan fingerprint density at radius 2 is 1.76 bits per heavy atom. The molecule has 1 aliphatic rings. The van der Waals surface area contributed by atoms with Crippen LogP contribution in [0.3, 0.4) is 0 Å². The number of ether oxygens (including phenoxy) is 1. The molecule has 0 spiro atoms. The minimum Gasteiger partial charge on any atom is -0.379 e. The van der Waals surface area contributed by atoms with E-state index in [1.807, 2.05) is 0 Å². The molecule has 0 saturated carbocycles. The summed E-state index contributed by atoms with van der Waals surface area (Å²) in [6.45, 7) is 8.37. The van der Waals surface area contributed by atoms with Crippen LogP contribution in [0.5, 0.6) is 0 Å². The number of halogens is 1. The summed E-state index contributed by atoms with van der Waals surface area (Å²) in [5.41, 5.74) is 0.616. The van der Waals surface area contributed by atoms with Gasteiger partial charge in [-0.05, 0) is 58.4 Å². The Bertz CT molecular complexity index is 397.